The van der Waals surface area contributed by atoms with Gasteiger partial charge in [-0.2, -0.15) is 0 Å². The number of hydrogen-bond donors (Lipinski definition) is 6. The average Bonchev–Trinajstić information content (AvgIpc) is 3.30. The third-order valence-electron chi connectivity index (χ3n) is 9.11. The number of allylic oxidation sites excluding steroid dienone is 19. The van der Waals surface area contributed by atoms with Gasteiger partial charge >= 0.3 is 25.7 Å². The number of carbonyl (C=O) groups is 3. The molecule has 0 saturated heterocycles. The van der Waals surface area contributed by atoms with E-state index in [1.54, 1.807) is 18.2 Å². The highest BCUT2D eigenvalue weighted by atomic mass is 32.2. The molecule has 7 N–H and O–H groups in total. The van der Waals surface area contributed by atoms with Gasteiger partial charge in [-0.1, -0.05) is 148 Å². The molecule has 14 nitrogen and oxygen atoms in total. The summed E-state index contributed by atoms with van der Waals surface area (Å²) < 4.78 is 32.8. The van der Waals surface area contributed by atoms with E-state index in [1.165, 1.54) is 19.3 Å². The lowest BCUT2D eigenvalue weighted by atomic mass is 10.1. The number of thioether (sulfide) groups is 1. The second-order valence-corrected chi connectivity index (χ2v) is 17.9. The molecule has 1 unspecified atom stereocenters. The number of ether oxygens (including phenoxy) is 2. The molecule has 67 heavy (non-hydrogen) atoms. The Morgan fingerprint density at radius 3 is 1.81 bits per heavy atom. The predicted octanol–water partition coefficient (Wildman–Crippen LogP) is 9.65. The highest BCUT2D eigenvalue weighted by molar-refractivity contribution is 8.00. The number of carboxylic acids is 1. The van der Waals surface area contributed by atoms with Gasteiger partial charge in [0.1, 0.15) is 18.8 Å². The van der Waals surface area contributed by atoms with E-state index in [0.717, 1.165) is 56.7 Å². The molecule has 0 aromatic heterocycles. The van der Waals surface area contributed by atoms with Gasteiger partial charge in [-0.15, -0.1) is 11.8 Å². The van der Waals surface area contributed by atoms with Crippen molar-refractivity contribution in [2.45, 2.75) is 146 Å². The molecule has 0 rings (SSSR count). The molecule has 0 aliphatic carbocycles. The van der Waals surface area contributed by atoms with Gasteiger partial charge < -0.3 is 40.5 Å². The van der Waals surface area contributed by atoms with Crippen molar-refractivity contribution >= 4 is 37.5 Å². The van der Waals surface area contributed by atoms with Crippen molar-refractivity contribution in [3.63, 3.8) is 0 Å². The van der Waals surface area contributed by atoms with Crippen molar-refractivity contribution in [3.8, 4) is 0 Å². The molecule has 0 amide bonds. The zero-order chi connectivity index (χ0) is 49.6. The summed E-state index contributed by atoms with van der Waals surface area (Å²) in [5.74, 6) is -2.60. The van der Waals surface area contributed by atoms with Crippen LogP contribution in [0.2, 0.25) is 0 Å². The maximum atomic E-state index is 13.2. The number of rotatable bonds is 42. The standard InChI is InChI=1S/C51H80NO13PS/c1-3-5-7-9-11-13-15-17-18-19-20-21-22-23-25-27-29-31-33-38-50(58)62-41-45(42-64-66(60,61)63-40-44(54)39-53)65-51(59)46(52)43-67-48(47(55)35-34-37-49(56)57)36-32-30-28-26-24-16-14-12-10-8-6-4-2/h5,7,11-14,17-18,20-21,23-26,28-32,36,44-48,53-55H,3-4,6,8-10,15-16,19,22,27,33-35,37-43,52H2,1-2H3,(H,56,57)(H,60,61)/b7-5-,13-11-,14-12-,18-17-,21-20-,25-23-,26-24-,30-28+,31-29-,36-32+/t44-,45+,46-,47-,48+/m0/s1. The van der Waals surface area contributed by atoms with Crippen LogP contribution in [0.4, 0.5) is 0 Å². The molecular formula is C51H80NO13PS. The fourth-order valence-electron chi connectivity index (χ4n) is 5.38. The van der Waals surface area contributed by atoms with Gasteiger partial charge in [0.2, 0.25) is 0 Å². The van der Waals surface area contributed by atoms with Crippen molar-refractivity contribution in [1.29, 1.82) is 0 Å². The number of unbranched alkanes of at least 4 members (excludes halogenated alkanes) is 3. The molecule has 16 heteroatoms. The Kier molecular flexibility index (Phi) is 42.0. The second-order valence-electron chi connectivity index (χ2n) is 15.3. The lowest BCUT2D eigenvalue weighted by Gasteiger charge is -2.23. The lowest BCUT2D eigenvalue weighted by molar-refractivity contribution is -0.161. The average molecular weight is 978 g/mol. The third kappa shape index (κ3) is 42.0. The lowest BCUT2D eigenvalue weighted by Crippen LogP contribution is -2.40. The summed E-state index contributed by atoms with van der Waals surface area (Å²) in [7, 11) is -4.81. The fourth-order valence-corrected chi connectivity index (χ4v) is 7.30. The number of aliphatic hydroxyl groups is 3. The molecular weight excluding hydrogens is 898 g/mol. The van der Waals surface area contributed by atoms with Crippen LogP contribution in [0, 0.1) is 0 Å². The third-order valence-corrected chi connectivity index (χ3v) is 11.5. The number of esters is 2. The molecule has 0 saturated carbocycles. The second kappa shape index (κ2) is 44.6. The highest BCUT2D eigenvalue weighted by Crippen LogP contribution is 2.43. The van der Waals surface area contributed by atoms with Crippen LogP contribution in [0.15, 0.2) is 122 Å². The maximum Gasteiger partial charge on any atom is 0.472 e. The Bertz CT molecular complexity index is 1650. The van der Waals surface area contributed by atoms with E-state index in [-0.39, 0.29) is 31.4 Å². The maximum absolute atomic E-state index is 13.2. The number of hydrogen-bond acceptors (Lipinski definition) is 13. The van der Waals surface area contributed by atoms with Gasteiger partial charge in [-0.05, 0) is 77.0 Å². The highest BCUT2D eigenvalue weighted by Gasteiger charge is 2.29. The van der Waals surface area contributed by atoms with Gasteiger partial charge in [0.05, 0.1) is 25.9 Å². The molecule has 6 atom stereocenters. The molecule has 0 radical (unpaired) electrons. The number of nitrogens with two attached hydrogens (primary N) is 1. The van der Waals surface area contributed by atoms with E-state index < -0.39 is 81.8 Å². The van der Waals surface area contributed by atoms with E-state index in [9.17, 15) is 34.1 Å². The summed E-state index contributed by atoms with van der Waals surface area (Å²) in [5, 5.41) is 37.9. The molecule has 0 aromatic rings. The Hall–Kier alpha value is -3.89. The largest absolute Gasteiger partial charge is 0.481 e. The quantitative estimate of drug-likeness (QED) is 0.0110. The molecule has 0 aliphatic heterocycles. The first-order valence-corrected chi connectivity index (χ1v) is 26.0. The number of phosphoric ester groups is 1. The van der Waals surface area contributed by atoms with E-state index in [4.69, 9.17) is 29.9 Å². The Morgan fingerprint density at radius 1 is 0.672 bits per heavy atom. The normalized spacial score (nSPS) is 16.0. The van der Waals surface area contributed by atoms with Crippen LogP contribution in [0.3, 0.4) is 0 Å². The Balaban J connectivity index is 5.27. The minimum Gasteiger partial charge on any atom is -0.481 e. The van der Waals surface area contributed by atoms with Crippen molar-refractivity contribution in [2.75, 3.05) is 32.2 Å². The summed E-state index contributed by atoms with van der Waals surface area (Å²) >= 11 is 1.15. The van der Waals surface area contributed by atoms with E-state index in [1.807, 2.05) is 36.5 Å². The van der Waals surface area contributed by atoms with Gasteiger partial charge in [-0.3, -0.25) is 23.4 Å². The number of carboxylic acid groups (broad SMARTS) is 1. The van der Waals surface area contributed by atoms with Crippen LogP contribution in [0.25, 0.3) is 0 Å². The van der Waals surface area contributed by atoms with Crippen molar-refractivity contribution in [3.05, 3.63) is 122 Å². The number of aliphatic carboxylic acids is 1. The summed E-state index contributed by atoms with van der Waals surface area (Å²) in [6.45, 7) is 1.55. The van der Waals surface area contributed by atoms with E-state index in [2.05, 4.69) is 85.2 Å². The minimum absolute atomic E-state index is 0.00616. The number of phosphoric acid groups is 1. The zero-order valence-electron chi connectivity index (χ0n) is 39.7. The van der Waals surface area contributed by atoms with Crippen LogP contribution < -0.4 is 5.73 Å². The summed E-state index contributed by atoms with van der Waals surface area (Å²) in [6.07, 6.45) is 48.0. The van der Waals surface area contributed by atoms with Crippen LogP contribution in [0.1, 0.15) is 117 Å². The van der Waals surface area contributed by atoms with Crippen LogP contribution >= 0.6 is 19.6 Å². The molecule has 0 bridgehead atoms. The molecule has 0 spiro atoms. The SMILES string of the molecule is CC/C=C\C/C=C\C/C=C\C/C=C\C/C=C\C/C=C\CCC(=O)OC[C@H](COP(=O)(O)OC[C@@H](O)CO)OC(=O)[C@@H](N)CS[C@H](/C=C/C=C/C=C\C/C=C\CCCCC)[C@@H](O)CCCC(=O)O. The Labute approximate surface area is 404 Å². The summed E-state index contributed by atoms with van der Waals surface area (Å²) in [6, 6.07) is -1.26. The van der Waals surface area contributed by atoms with Crippen LogP contribution in [0.5, 0.6) is 0 Å². The van der Waals surface area contributed by atoms with Gasteiger partial charge in [0.25, 0.3) is 0 Å². The van der Waals surface area contributed by atoms with Gasteiger partial charge in [0.15, 0.2) is 6.10 Å². The first kappa shape index (κ1) is 63.1. The summed E-state index contributed by atoms with van der Waals surface area (Å²) in [5.41, 5.74) is 6.18. The monoisotopic (exact) mass is 978 g/mol. The smallest absolute Gasteiger partial charge is 0.472 e. The fraction of sp³-hybridized carbons (Fsp3) is 0.549. The van der Waals surface area contributed by atoms with Crippen LogP contribution in [-0.4, -0.2) is 105 Å². The molecule has 0 heterocycles. The van der Waals surface area contributed by atoms with Crippen LogP contribution in [-0.2, 0) is 37.5 Å². The molecule has 0 aromatic carbocycles. The van der Waals surface area contributed by atoms with E-state index in [0.29, 0.717) is 12.8 Å². The Morgan fingerprint density at radius 2 is 1.22 bits per heavy atom. The predicted molar refractivity (Wildman–Crippen MR) is 270 cm³/mol. The topological polar surface area (TPSA) is 232 Å². The molecule has 0 aliphatic rings. The van der Waals surface area contributed by atoms with E-state index >= 15 is 0 Å². The minimum atomic E-state index is -4.81. The summed E-state index contributed by atoms with van der Waals surface area (Å²) in [4.78, 5) is 46.9. The zero-order valence-corrected chi connectivity index (χ0v) is 41.4. The first-order valence-electron chi connectivity index (χ1n) is 23.4. The molecule has 378 valence electrons. The number of aliphatic hydroxyl groups excluding tert-OH is 3. The van der Waals surface area contributed by atoms with Crippen molar-refractivity contribution in [1.82, 2.24) is 0 Å². The van der Waals surface area contributed by atoms with Gasteiger partial charge in [-0.25, -0.2) is 4.57 Å². The molecule has 0 fully saturated rings. The van der Waals surface area contributed by atoms with Crippen molar-refractivity contribution in [2.24, 2.45) is 5.73 Å². The first-order chi connectivity index (χ1) is 32.3. The van der Waals surface area contributed by atoms with Crippen molar-refractivity contribution < 1.29 is 62.8 Å². The number of carbonyl (C=O) groups excluding carboxylic acids is 2. The van der Waals surface area contributed by atoms with Gasteiger partial charge in [0, 0.05) is 23.8 Å².